The number of carbonyl (C=O) groups is 2. The number of benzene rings is 1. The predicted octanol–water partition coefficient (Wildman–Crippen LogP) is 3.21. The van der Waals surface area contributed by atoms with Crippen LogP contribution in [0, 0.1) is 25.2 Å². The van der Waals surface area contributed by atoms with Crippen LogP contribution in [0.15, 0.2) is 18.3 Å². The number of amides is 3. The number of aromatic amines is 1. The Balaban J connectivity index is 1.28. The maximum absolute atomic E-state index is 12.9. The molecule has 0 saturated carbocycles. The topological polar surface area (TPSA) is 95.3 Å². The Labute approximate surface area is 178 Å². The normalized spacial score (nSPS) is 19.9. The molecule has 2 saturated heterocycles. The molecule has 0 bridgehead atoms. The molecule has 2 aliphatic rings. The van der Waals surface area contributed by atoms with Gasteiger partial charge in [0.25, 0.3) is 0 Å². The predicted molar refractivity (Wildman–Crippen MR) is 117 cm³/mol. The van der Waals surface area contributed by atoms with Crippen LogP contribution in [0.3, 0.4) is 0 Å². The van der Waals surface area contributed by atoms with Crippen LogP contribution < -0.4 is 5.73 Å². The third-order valence-electron chi connectivity index (χ3n) is 7.06. The molecule has 1 atom stereocenters. The van der Waals surface area contributed by atoms with Gasteiger partial charge >= 0.3 is 6.03 Å². The summed E-state index contributed by atoms with van der Waals surface area (Å²) in [6.07, 6.45) is 7.84. The van der Waals surface area contributed by atoms with E-state index in [4.69, 9.17) is 5.73 Å². The maximum Gasteiger partial charge on any atom is 0.314 e. The summed E-state index contributed by atoms with van der Waals surface area (Å²) in [5.41, 5.74) is 8.74. The highest BCUT2D eigenvalue weighted by Crippen LogP contribution is 2.33. The van der Waals surface area contributed by atoms with E-state index < -0.39 is 0 Å². The molecule has 161 valence electrons. The molecule has 1 radical (unpaired) electrons. The largest absolute Gasteiger partial charge is 0.351 e. The molecule has 0 spiro atoms. The molecule has 30 heavy (non-hydrogen) atoms. The molecule has 3 N–H and O–H groups in total. The van der Waals surface area contributed by atoms with Gasteiger partial charge in [-0.05, 0) is 67.6 Å². The van der Waals surface area contributed by atoms with E-state index in [-0.39, 0.29) is 17.9 Å². The smallest absolute Gasteiger partial charge is 0.314 e. The fourth-order valence-corrected chi connectivity index (χ4v) is 5.13. The van der Waals surface area contributed by atoms with Crippen molar-refractivity contribution in [1.82, 2.24) is 20.0 Å². The van der Waals surface area contributed by atoms with Crippen molar-refractivity contribution in [3.8, 4) is 0 Å². The summed E-state index contributed by atoms with van der Waals surface area (Å²) >= 11 is 0. The first kappa shape index (κ1) is 20.7. The van der Waals surface area contributed by atoms with Gasteiger partial charge in [-0.15, -0.1) is 0 Å². The molecule has 0 aliphatic carbocycles. The lowest BCUT2D eigenvalue weighted by Gasteiger charge is -2.40. The van der Waals surface area contributed by atoms with Crippen LogP contribution in [0.4, 0.5) is 4.79 Å². The van der Waals surface area contributed by atoms with Crippen molar-refractivity contribution in [1.29, 1.82) is 0 Å². The Kier molecular flexibility index (Phi) is 5.97. The van der Waals surface area contributed by atoms with Crippen LogP contribution in [-0.2, 0) is 4.79 Å². The van der Waals surface area contributed by atoms with Gasteiger partial charge in [0.15, 0.2) is 0 Å². The van der Waals surface area contributed by atoms with Crippen LogP contribution >= 0.6 is 0 Å². The molecule has 3 amide bonds. The van der Waals surface area contributed by atoms with Crippen molar-refractivity contribution in [3.05, 3.63) is 35.9 Å². The summed E-state index contributed by atoms with van der Waals surface area (Å²) in [6, 6.07) is 3.95. The highest BCUT2D eigenvalue weighted by molar-refractivity contribution is 5.87. The van der Waals surface area contributed by atoms with Crippen molar-refractivity contribution in [2.45, 2.75) is 45.4 Å². The fraction of sp³-hybridized carbons (Fsp3) is 0.565. The van der Waals surface area contributed by atoms with Gasteiger partial charge in [0, 0.05) is 31.6 Å². The zero-order valence-corrected chi connectivity index (χ0v) is 17.9. The molecule has 1 unspecified atom stereocenters. The highest BCUT2D eigenvalue weighted by Gasteiger charge is 2.32. The quantitative estimate of drug-likeness (QED) is 0.810. The summed E-state index contributed by atoms with van der Waals surface area (Å²) in [5.74, 6) is 1.49. The first-order chi connectivity index (χ1) is 14.4. The second-order valence-corrected chi connectivity index (χ2v) is 8.95. The molecule has 1 aromatic carbocycles. The number of piperidine rings is 2. The number of nitrogens with one attached hydrogen (secondary N) is 1. The van der Waals surface area contributed by atoms with Gasteiger partial charge in [-0.25, -0.2) is 4.79 Å². The zero-order chi connectivity index (χ0) is 21.3. The van der Waals surface area contributed by atoms with Crippen molar-refractivity contribution in [2.24, 2.45) is 17.6 Å². The van der Waals surface area contributed by atoms with Crippen molar-refractivity contribution < 1.29 is 9.59 Å². The summed E-state index contributed by atoms with van der Waals surface area (Å²) < 4.78 is 0. The maximum atomic E-state index is 12.9. The van der Waals surface area contributed by atoms with E-state index in [0.717, 1.165) is 73.9 Å². The number of nitrogens with two attached hydrogens (primary N) is 1. The summed E-state index contributed by atoms with van der Waals surface area (Å²) in [7, 11) is 0. The first-order valence-electron chi connectivity index (χ1n) is 11.0. The van der Waals surface area contributed by atoms with Crippen LogP contribution in [0.1, 0.15) is 49.7 Å². The summed E-state index contributed by atoms with van der Waals surface area (Å²) in [5, 5.41) is 8.23. The third-order valence-corrected chi connectivity index (χ3v) is 7.06. The monoisotopic (exact) mass is 410 g/mol. The number of primary amides is 1. The molecule has 3 heterocycles. The lowest BCUT2D eigenvalue weighted by molar-refractivity contribution is -0.129. The number of likely N-dealkylation sites (tertiary alicyclic amines) is 2. The average Bonchev–Trinajstić information content (AvgIpc) is 3.23. The van der Waals surface area contributed by atoms with Crippen molar-refractivity contribution >= 4 is 22.8 Å². The first-order valence-corrected chi connectivity index (χ1v) is 11.0. The number of H-pyrrole nitrogens is 1. The molecule has 4 rings (SSSR count). The number of aryl methyl sites for hydroxylation is 1. The van der Waals surface area contributed by atoms with Crippen LogP contribution in [0.5, 0.6) is 0 Å². The average molecular weight is 411 g/mol. The van der Waals surface area contributed by atoms with Gasteiger partial charge in [0.2, 0.25) is 5.91 Å². The van der Waals surface area contributed by atoms with Gasteiger partial charge in [0.1, 0.15) is 0 Å². The van der Waals surface area contributed by atoms with Crippen LogP contribution in [-0.4, -0.2) is 58.1 Å². The number of hydrogen-bond acceptors (Lipinski definition) is 3. The van der Waals surface area contributed by atoms with E-state index in [0.29, 0.717) is 11.8 Å². The molecular formula is C23H32N5O2. The van der Waals surface area contributed by atoms with Gasteiger partial charge in [-0.2, -0.15) is 5.10 Å². The van der Waals surface area contributed by atoms with Gasteiger partial charge in [0.05, 0.1) is 18.1 Å². The zero-order valence-electron chi connectivity index (χ0n) is 17.9. The number of hydrogen-bond donors (Lipinski definition) is 2. The highest BCUT2D eigenvalue weighted by atomic mass is 16.2. The number of rotatable bonds is 4. The fourth-order valence-electron chi connectivity index (χ4n) is 5.13. The van der Waals surface area contributed by atoms with Crippen molar-refractivity contribution in [3.63, 3.8) is 0 Å². The molecule has 2 aliphatic heterocycles. The van der Waals surface area contributed by atoms with E-state index in [2.05, 4.69) is 36.2 Å². The second kappa shape index (κ2) is 8.66. The molecule has 7 nitrogen and oxygen atoms in total. The lowest BCUT2D eigenvalue weighted by atomic mass is 9.78. The number of carbonyl (C=O) groups excluding carboxylic acids is 2. The Morgan fingerprint density at radius 1 is 1.10 bits per heavy atom. The summed E-state index contributed by atoms with van der Waals surface area (Å²) in [6.45, 7) is 7.33. The van der Waals surface area contributed by atoms with E-state index in [9.17, 15) is 9.59 Å². The minimum Gasteiger partial charge on any atom is -0.351 e. The second-order valence-electron chi connectivity index (χ2n) is 8.95. The summed E-state index contributed by atoms with van der Waals surface area (Å²) in [4.78, 5) is 27.9. The number of nitrogens with zero attached hydrogens (tertiary/aromatic N) is 3. The van der Waals surface area contributed by atoms with Gasteiger partial charge < -0.3 is 15.5 Å². The Morgan fingerprint density at radius 2 is 1.70 bits per heavy atom. The van der Waals surface area contributed by atoms with Gasteiger partial charge in [-0.1, -0.05) is 13.0 Å². The standard InChI is InChI=1S/C23H32N5O2/c1-15(19-11-16(2)22-20(13-19)14-25-26-22)12-21(29)27-7-3-17(4-8-27)18-5-9-28(10-6-18)23(24)30/h11-15,17-18H,3-10H2,1-2H3,(H2,24,30)(H,25,26). The number of aromatic nitrogens is 2. The van der Waals surface area contributed by atoms with E-state index in [1.165, 1.54) is 0 Å². The molecule has 2 fully saturated rings. The van der Waals surface area contributed by atoms with Gasteiger partial charge in [-0.3, -0.25) is 9.89 Å². The minimum atomic E-state index is -0.305. The number of urea groups is 1. The Morgan fingerprint density at radius 3 is 2.30 bits per heavy atom. The third kappa shape index (κ3) is 4.30. The molecule has 1 aromatic heterocycles. The van der Waals surface area contributed by atoms with Crippen LogP contribution in [0.25, 0.3) is 10.9 Å². The number of fused-ring (bicyclic) bond motifs is 1. The van der Waals surface area contributed by atoms with E-state index in [1.807, 2.05) is 17.5 Å². The Bertz CT molecular complexity index is 907. The Hall–Kier alpha value is -2.57. The minimum absolute atomic E-state index is 0.0614. The SMILES string of the molecule is Cc1cc(C(C)[CH]C(=O)N2CCC(C3CCN(C(N)=O)CC3)CC2)cc2cn[nH]c12. The van der Waals surface area contributed by atoms with Crippen LogP contribution in [0.2, 0.25) is 0 Å². The van der Waals surface area contributed by atoms with E-state index >= 15 is 0 Å². The molecule has 7 heteroatoms. The lowest BCUT2D eigenvalue weighted by Crippen LogP contribution is -2.45. The molecular weight excluding hydrogens is 378 g/mol. The molecule has 2 aromatic rings. The van der Waals surface area contributed by atoms with Crippen molar-refractivity contribution in [2.75, 3.05) is 26.2 Å². The van der Waals surface area contributed by atoms with E-state index in [1.54, 1.807) is 4.90 Å².